The zero-order chi connectivity index (χ0) is 22.2. The summed E-state index contributed by atoms with van der Waals surface area (Å²) in [6.07, 6.45) is 3.94. The Bertz CT molecular complexity index is 1110. The number of hydrogen-bond acceptors (Lipinski definition) is 7. The predicted molar refractivity (Wildman–Crippen MR) is 116 cm³/mol. The van der Waals surface area contributed by atoms with Crippen molar-refractivity contribution < 1.29 is 22.7 Å². The summed E-state index contributed by atoms with van der Waals surface area (Å²) >= 11 is 0. The number of benzene rings is 1. The lowest BCUT2D eigenvalue weighted by atomic mass is 9.96. The lowest BCUT2D eigenvalue weighted by molar-refractivity contribution is -0.121. The minimum absolute atomic E-state index is 0.128. The summed E-state index contributed by atoms with van der Waals surface area (Å²) in [7, 11) is -2.52. The second-order valence-electron chi connectivity index (χ2n) is 8.22. The number of sulfonamides is 1. The molecule has 2 aromatic rings. The minimum atomic E-state index is -4.03. The number of ether oxygens (including phenoxy) is 2. The van der Waals surface area contributed by atoms with E-state index in [-0.39, 0.29) is 11.0 Å². The standard InChI is InChI=1S/C22H27N3O5S/c1-14(2)30-18-12-20(29-3)24-13-16(18)22(9-10-22)21(26)25-31(27,28)19-8-4-7-17-15(19)6-5-11-23-17/h4,7-8,12-14,23H,5-6,9-11H2,1-3H3,(H,25,26). The van der Waals surface area contributed by atoms with Gasteiger partial charge in [0.05, 0.1) is 23.5 Å². The summed E-state index contributed by atoms with van der Waals surface area (Å²) in [6, 6.07) is 6.72. The Kier molecular flexibility index (Phi) is 5.55. The van der Waals surface area contributed by atoms with Gasteiger partial charge in [-0.3, -0.25) is 4.79 Å². The Balaban J connectivity index is 1.65. The number of nitrogens with one attached hydrogen (secondary N) is 2. The molecular weight excluding hydrogens is 418 g/mol. The van der Waals surface area contributed by atoms with Crippen LogP contribution in [0, 0.1) is 0 Å². The first-order chi connectivity index (χ1) is 14.8. The Morgan fingerprint density at radius 3 is 2.74 bits per heavy atom. The molecule has 1 aromatic heterocycles. The maximum atomic E-state index is 13.3. The number of pyridine rings is 1. The first-order valence-corrected chi connectivity index (χ1v) is 11.9. The number of carbonyl (C=O) groups is 1. The second kappa shape index (κ2) is 8.03. The number of fused-ring (bicyclic) bond motifs is 1. The number of amides is 1. The molecular formula is C22H27N3O5S. The minimum Gasteiger partial charge on any atom is -0.490 e. The number of hydrogen-bond donors (Lipinski definition) is 2. The Hall–Kier alpha value is -2.81. The maximum Gasteiger partial charge on any atom is 0.264 e. The van der Waals surface area contributed by atoms with E-state index in [1.807, 2.05) is 19.9 Å². The van der Waals surface area contributed by atoms with Gasteiger partial charge >= 0.3 is 0 Å². The number of aromatic nitrogens is 1. The molecule has 1 fully saturated rings. The number of methoxy groups -OCH3 is 1. The van der Waals surface area contributed by atoms with Crippen LogP contribution in [0.15, 0.2) is 35.4 Å². The number of carbonyl (C=O) groups excluding carboxylic acids is 1. The third kappa shape index (κ3) is 4.06. The number of nitrogens with zero attached hydrogens (tertiary/aromatic N) is 1. The fourth-order valence-electron chi connectivity index (χ4n) is 3.99. The molecule has 1 saturated carbocycles. The van der Waals surface area contributed by atoms with Gasteiger partial charge in [0.15, 0.2) is 0 Å². The first-order valence-electron chi connectivity index (χ1n) is 10.4. The molecule has 8 nitrogen and oxygen atoms in total. The highest BCUT2D eigenvalue weighted by Crippen LogP contribution is 2.52. The molecule has 1 aromatic carbocycles. The van der Waals surface area contributed by atoms with Crippen molar-refractivity contribution in [1.82, 2.24) is 9.71 Å². The molecule has 4 rings (SSSR count). The van der Waals surface area contributed by atoms with Crippen LogP contribution in [-0.4, -0.2) is 39.1 Å². The van der Waals surface area contributed by atoms with Crippen molar-refractivity contribution in [1.29, 1.82) is 0 Å². The van der Waals surface area contributed by atoms with E-state index >= 15 is 0 Å². The van der Waals surface area contributed by atoms with E-state index in [4.69, 9.17) is 9.47 Å². The van der Waals surface area contributed by atoms with Gasteiger partial charge in [-0.1, -0.05) is 6.07 Å². The van der Waals surface area contributed by atoms with Gasteiger partial charge in [0.25, 0.3) is 10.0 Å². The van der Waals surface area contributed by atoms with Crippen LogP contribution in [0.2, 0.25) is 0 Å². The quantitative estimate of drug-likeness (QED) is 0.675. The Morgan fingerprint density at radius 2 is 2.06 bits per heavy atom. The molecule has 0 bridgehead atoms. The molecule has 0 saturated heterocycles. The van der Waals surface area contributed by atoms with Crippen LogP contribution in [-0.2, 0) is 26.7 Å². The van der Waals surface area contributed by atoms with Gasteiger partial charge in [0.2, 0.25) is 11.8 Å². The normalized spacial score (nSPS) is 16.8. The molecule has 166 valence electrons. The fraction of sp³-hybridized carbons (Fsp3) is 0.455. The van der Waals surface area contributed by atoms with E-state index in [0.717, 1.165) is 18.7 Å². The van der Waals surface area contributed by atoms with Crippen molar-refractivity contribution in [3.8, 4) is 11.6 Å². The highest BCUT2D eigenvalue weighted by molar-refractivity contribution is 7.90. The largest absolute Gasteiger partial charge is 0.490 e. The second-order valence-corrected chi connectivity index (χ2v) is 9.87. The molecule has 2 heterocycles. The predicted octanol–water partition coefficient (Wildman–Crippen LogP) is 2.77. The van der Waals surface area contributed by atoms with Crippen LogP contribution < -0.4 is 19.5 Å². The highest BCUT2D eigenvalue weighted by atomic mass is 32.2. The first kappa shape index (κ1) is 21.4. The molecule has 9 heteroatoms. The molecule has 1 aliphatic carbocycles. The maximum absolute atomic E-state index is 13.3. The van der Waals surface area contributed by atoms with Gasteiger partial charge in [-0.15, -0.1) is 0 Å². The van der Waals surface area contributed by atoms with Crippen molar-refractivity contribution in [3.05, 3.63) is 41.6 Å². The van der Waals surface area contributed by atoms with Crippen molar-refractivity contribution in [2.75, 3.05) is 19.0 Å². The van der Waals surface area contributed by atoms with E-state index in [1.54, 1.807) is 24.4 Å². The van der Waals surface area contributed by atoms with Crippen LogP contribution in [0.1, 0.15) is 44.2 Å². The summed E-state index contributed by atoms with van der Waals surface area (Å²) in [5, 5.41) is 3.22. The third-order valence-corrected chi connectivity index (χ3v) is 7.10. The average molecular weight is 446 g/mol. The van der Waals surface area contributed by atoms with Crippen molar-refractivity contribution in [3.63, 3.8) is 0 Å². The Labute approximate surface area is 182 Å². The van der Waals surface area contributed by atoms with Crippen molar-refractivity contribution >= 4 is 21.6 Å². The fourth-order valence-corrected chi connectivity index (χ4v) is 5.33. The summed E-state index contributed by atoms with van der Waals surface area (Å²) < 4.78 is 39.7. The van der Waals surface area contributed by atoms with Crippen LogP contribution in [0.5, 0.6) is 11.6 Å². The van der Waals surface area contributed by atoms with Crippen LogP contribution in [0.25, 0.3) is 0 Å². The molecule has 1 aliphatic heterocycles. The SMILES string of the molecule is COc1cc(OC(C)C)c(C2(C(=O)NS(=O)(=O)c3cccc4c3CCCN4)CC2)cn1. The molecule has 0 atom stereocenters. The molecule has 0 radical (unpaired) electrons. The molecule has 2 aliphatic rings. The zero-order valence-corrected chi connectivity index (χ0v) is 18.7. The smallest absolute Gasteiger partial charge is 0.264 e. The van der Waals surface area contributed by atoms with Gasteiger partial charge in [-0.2, -0.15) is 0 Å². The Morgan fingerprint density at radius 1 is 1.29 bits per heavy atom. The monoisotopic (exact) mass is 445 g/mol. The summed E-state index contributed by atoms with van der Waals surface area (Å²) in [5.41, 5.74) is 1.11. The lowest BCUT2D eigenvalue weighted by Crippen LogP contribution is -2.39. The molecule has 2 N–H and O–H groups in total. The molecule has 0 unspecified atom stereocenters. The highest BCUT2D eigenvalue weighted by Gasteiger charge is 2.54. The zero-order valence-electron chi connectivity index (χ0n) is 17.9. The van der Waals surface area contributed by atoms with Crippen molar-refractivity contribution in [2.24, 2.45) is 0 Å². The van der Waals surface area contributed by atoms with Crippen LogP contribution >= 0.6 is 0 Å². The molecule has 31 heavy (non-hydrogen) atoms. The van der Waals surface area contributed by atoms with E-state index < -0.39 is 21.3 Å². The van der Waals surface area contributed by atoms with Gasteiger partial charge in [0, 0.05) is 30.1 Å². The average Bonchev–Trinajstić information content (AvgIpc) is 3.54. The molecule has 0 spiro atoms. The summed E-state index contributed by atoms with van der Waals surface area (Å²) in [4.78, 5) is 17.6. The van der Waals surface area contributed by atoms with Gasteiger partial charge in [-0.25, -0.2) is 18.1 Å². The van der Waals surface area contributed by atoms with Crippen molar-refractivity contribution in [2.45, 2.75) is 55.9 Å². The number of rotatable bonds is 7. The number of anilines is 1. The molecule has 1 amide bonds. The van der Waals surface area contributed by atoms with Gasteiger partial charge in [0.1, 0.15) is 5.75 Å². The lowest BCUT2D eigenvalue weighted by Gasteiger charge is -2.23. The van der Waals surface area contributed by atoms with Gasteiger partial charge in [-0.05, 0) is 57.2 Å². The third-order valence-electron chi connectivity index (χ3n) is 5.68. The van der Waals surface area contributed by atoms with E-state index in [9.17, 15) is 13.2 Å². The van der Waals surface area contributed by atoms with E-state index in [1.165, 1.54) is 7.11 Å². The van der Waals surface area contributed by atoms with Crippen LogP contribution in [0.4, 0.5) is 5.69 Å². The van der Waals surface area contributed by atoms with Crippen LogP contribution in [0.3, 0.4) is 0 Å². The van der Waals surface area contributed by atoms with Gasteiger partial charge < -0.3 is 14.8 Å². The summed E-state index contributed by atoms with van der Waals surface area (Å²) in [5.74, 6) is 0.286. The topological polar surface area (TPSA) is 107 Å². The van der Waals surface area contributed by atoms with E-state index in [2.05, 4.69) is 15.0 Å². The van der Waals surface area contributed by atoms with E-state index in [0.29, 0.717) is 42.0 Å². The summed E-state index contributed by atoms with van der Waals surface area (Å²) in [6.45, 7) is 4.57.